The highest BCUT2D eigenvalue weighted by Gasteiger charge is 2.02. The first-order valence-corrected chi connectivity index (χ1v) is 2.93. The van der Waals surface area contributed by atoms with Gasteiger partial charge in [-0.3, -0.25) is 0 Å². The van der Waals surface area contributed by atoms with Crippen LogP contribution in [0.2, 0.25) is 0 Å². The molecule has 0 saturated heterocycles. The molecular formula is C5H13Cl2N. The van der Waals surface area contributed by atoms with Crippen molar-refractivity contribution in [3.63, 3.8) is 0 Å². The largest absolute Gasteiger partial charge is 0.316 e. The Bertz CT molecular complexity index is 47.7. The molecule has 0 fully saturated rings. The Balaban J connectivity index is 0. The molecule has 0 saturated carbocycles. The summed E-state index contributed by atoms with van der Waals surface area (Å²) in [6, 6.07) is 0.418. The molecule has 0 aromatic rings. The van der Waals surface area contributed by atoms with Crippen LogP contribution in [0.25, 0.3) is 0 Å². The molecule has 0 aromatic carbocycles. The van der Waals surface area contributed by atoms with Crippen molar-refractivity contribution in [1.82, 2.24) is 5.32 Å². The van der Waals surface area contributed by atoms with E-state index in [0.717, 1.165) is 0 Å². The Kier molecular flexibility index (Phi) is 8.05. The smallest absolute Gasteiger partial charge is 0.0458 e. The van der Waals surface area contributed by atoms with Crippen LogP contribution in [0.15, 0.2) is 0 Å². The van der Waals surface area contributed by atoms with E-state index in [0.29, 0.717) is 6.04 Å². The minimum absolute atomic E-state index is 0. The molecule has 0 aliphatic heterocycles. The van der Waals surface area contributed by atoms with Gasteiger partial charge in [0.25, 0.3) is 0 Å². The summed E-state index contributed by atoms with van der Waals surface area (Å²) in [6.07, 6.45) is 0. The minimum Gasteiger partial charge on any atom is -0.316 e. The number of halogens is 2. The zero-order valence-electron chi connectivity index (χ0n) is 5.44. The second-order valence-corrected chi connectivity index (χ2v) is 2.44. The second-order valence-electron chi connectivity index (χ2n) is 1.75. The van der Waals surface area contributed by atoms with Gasteiger partial charge in [0.1, 0.15) is 0 Å². The Morgan fingerprint density at radius 3 is 1.75 bits per heavy atom. The summed E-state index contributed by atoms with van der Waals surface area (Å²) in [5.41, 5.74) is 0. The average Bonchev–Trinajstić information content (AvgIpc) is 1.65. The Morgan fingerprint density at radius 2 is 1.75 bits per heavy atom. The maximum Gasteiger partial charge on any atom is 0.0458 e. The quantitative estimate of drug-likeness (QED) is 0.602. The average molecular weight is 158 g/mol. The van der Waals surface area contributed by atoms with Gasteiger partial charge in [-0.05, 0) is 20.9 Å². The number of hydrogen-bond donors (Lipinski definition) is 1. The van der Waals surface area contributed by atoms with E-state index in [1.807, 2.05) is 14.0 Å². The normalized spacial score (nSPS) is 16.5. The summed E-state index contributed by atoms with van der Waals surface area (Å²) >= 11 is 5.67. The molecule has 0 heterocycles. The molecule has 0 radical (unpaired) electrons. The van der Waals surface area contributed by atoms with Crippen LogP contribution in [0.4, 0.5) is 0 Å². The lowest BCUT2D eigenvalue weighted by atomic mass is 10.3. The van der Waals surface area contributed by atoms with Crippen LogP contribution in [-0.4, -0.2) is 18.5 Å². The van der Waals surface area contributed by atoms with Gasteiger partial charge < -0.3 is 5.32 Å². The van der Waals surface area contributed by atoms with E-state index in [1.165, 1.54) is 0 Å². The number of hydrogen-bond acceptors (Lipinski definition) is 1. The zero-order valence-corrected chi connectivity index (χ0v) is 7.01. The van der Waals surface area contributed by atoms with Crippen LogP contribution in [-0.2, 0) is 0 Å². The SMILES string of the molecule is CNC(C)C(C)Cl.Cl. The van der Waals surface area contributed by atoms with Crippen LogP contribution < -0.4 is 5.32 Å². The number of alkyl halides is 1. The Labute approximate surface area is 62.2 Å². The molecule has 8 heavy (non-hydrogen) atoms. The van der Waals surface area contributed by atoms with Gasteiger partial charge in [-0.15, -0.1) is 24.0 Å². The summed E-state index contributed by atoms with van der Waals surface area (Å²) in [5, 5.41) is 3.26. The number of nitrogens with one attached hydrogen (secondary N) is 1. The van der Waals surface area contributed by atoms with Crippen LogP contribution in [0.3, 0.4) is 0 Å². The first-order chi connectivity index (χ1) is 3.18. The van der Waals surface area contributed by atoms with E-state index < -0.39 is 0 Å². The minimum atomic E-state index is 0. The third kappa shape index (κ3) is 4.69. The van der Waals surface area contributed by atoms with E-state index in [-0.39, 0.29) is 17.8 Å². The van der Waals surface area contributed by atoms with Crippen molar-refractivity contribution in [3.8, 4) is 0 Å². The summed E-state index contributed by atoms with van der Waals surface area (Å²) < 4.78 is 0. The molecule has 1 N–H and O–H groups in total. The van der Waals surface area contributed by atoms with Crippen molar-refractivity contribution in [2.45, 2.75) is 25.3 Å². The fourth-order valence-electron chi connectivity index (χ4n) is 0.230. The highest BCUT2D eigenvalue weighted by Crippen LogP contribution is 1.97. The molecular weight excluding hydrogens is 145 g/mol. The molecule has 2 unspecified atom stereocenters. The van der Waals surface area contributed by atoms with Crippen molar-refractivity contribution in [3.05, 3.63) is 0 Å². The van der Waals surface area contributed by atoms with Gasteiger partial charge in [0.2, 0.25) is 0 Å². The Morgan fingerprint density at radius 1 is 1.38 bits per heavy atom. The van der Waals surface area contributed by atoms with Gasteiger partial charge in [0, 0.05) is 11.4 Å². The summed E-state index contributed by atoms with van der Waals surface area (Å²) in [6.45, 7) is 4.03. The van der Waals surface area contributed by atoms with Gasteiger partial charge >= 0.3 is 0 Å². The highest BCUT2D eigenvalue weighted by atomic mass is 35.5. The van der Waals surface area contributed by atoms with Crippen molar-refractivity contribution < 1.29 is 0 Å². The first kappa shape index (κ1) is 11.4. The van der Waals surface area contributed by atoms with E-state index in [2.05, 4.69) is 12.2 Å². The molecule has 0 spiro atoms. The summed E-state index contributed by atoms with van der Waals surface area (Å²) in [4.78, 5) is 0. The highest BCUT2D eigenvalue weighted by molar-refractivity contribution is 6.20. The van der Waals surface area contributed by atoms with Gasteiger partial charge in [0.05, 0.1) is 0 Å². The maximum absolute atomic E-state index is 5.67. The van der Waals surface area contributed by atoms with Crippen LogP contribution >= 0.6 is 24.0 Å². The van der Waals surface area contributed by atoms with Gasteiger partial charge in [-0.25, -0.2) is 0 Å². The lowest BCUT2D eigenvalue weighted by Gasteiger charge is -2.10. The third-order valence-corrected chi connectivity index (χ3v) is 1.52. The summed E-state index contributed by atoms with van der Waals surface area (Å²) in [7, 11) is 1.91. The van der Waals surface area contributed by atoms with E-state index >= 15 is 0 Å². The monoisotopic (exact) mass is 157 g/mol. The number of rotatable bonds is 2. The van der Waals surface area contributed by atoms with Crippen molar-refractivity contribution in [2.24, 2.45) is 0 Å². The van der Waals surface area contributed by atoms with Crippen LogP contribution in [0.1, 0.15) is 13.8 Å². The predicted octanol–water partition coefficient (Wildman–Crippen LogP) is 1.64. The van der Waals surface area contributed by atoms with Crippen molar-refractivity contribution >= 4 is 24.0 Å². The predicted molar refractivity (Wildman–Crippen MR) is 41.1 cm³/mol. The van der Waals surface area contributed by atoms with Gasteiger partial charge in [-0.1, -0.05) is 0 Å². The second kappa shape index (κ2) is 5.67. The van der Waals surface area contributed by atoms with Crippen LogP contribution in [0, 0.1) is 0 Å². The fraction of sp³-hybridized carbons (Fsp3) is 1.00. The fourth-order valence-corrected chi connectivity index (χ4v) is 0.356. The van der Waals surface area contributed by atoms with Gasteiger partial charge in [-0.2, -0.15) is 0 Å². The molecule has 0 amide bonds. The molecule has 52 valence electrons. The van der Waals surface area contributed by atoms with Crippen LogP contribution in [0.5, 0.6) is 0 Å². The molecule has 1 nitrogen and oxygen atoms in total. The molecule has 0 aliphatic carbocycles. The lowest BCUT2D eigenvalue weighted by Crippen LogP contribution is -2.28. The Hall–Kier alpha value is 0.540. The van der Waals surface area contributed by atoms with Gasteiger partial charge in [0.15, 0.2) is 0 Å². The topological polar surface area (TPSA) is 12.0 Å². The standard InChI is InChI=1S/C5H12ClN.ClH/c1-4(6)5(2)7-3;/h4-5,7H,1-3H3;1H. The van der Waals surface area contributed by atoms with Crippen molar-refractivity contribution in [1.29, 1.82) is 0 Å². The van der Waals surface area contributed by atoms with E-state index in [4.69, 9.17) is 11.6 Å². The summed E-state index contributed by atoms with van der Waals surface area (Å²) in [5.74, 6) is 0. The van der Waals surface area contributed by atoms with E-state index in [9.17, 15) is 0 Å². The molecule has 0 bridgehead atoms. The molecule has 0 aliphatic rings. The molecule has 0 rings (SSSR count). The molecule has 2 atom stereocenters. The third-order valence-electron chi connectivity index (χ3n) is 1.14. The molecule has 0 aromatic heterocycles. The first-order valence-electron chi connectivity index (χ1n) is 2.49. The maximum atomic E-state index is 5.67. The zero-order chi connectivity index (χ0) is 5.86. The van der Waals surface area contributed by atoms with Crippen molar-refractivity contribution in [2.75, 3.05) is 7.05 Å². The lowest BCUT2D eigenvalue weighted by molar-refractivity contribution is 0.600. The molecule has 3 heteroatoms. The van der Waals surface area contributed by atoms with E-state index in [1.54, 1.807) is 0 Å².